The molecule has 134 valence electrons. The van der Waals surface area contributed by atoms with E-state index in [1.54, 1.807) is 12.1 Å². The monoisotopic (exact) mass is 480 g/mol. The topological polar surface area (TPSA) is 79.2 Å². The van der Waals surface area contributed by atoms with Gasteiger partial charge in [-0.1, -0.05) is 38.7 Å². The maximum Gasteiger partial charge on any atom is 0.214 e. The van der Waals surface area contributed by atoms with Crippen molar-refractivity contribution < 1.29 is 13.2 Å². The number of sulfonamides is 1. The molecule has 1 N–H and O–H groups in total. The van der Waals surface area contributed by atoms with Crippen molar-refractivity contribution in [2.24, 2.45) is 0 Å². The number of nitriles is 1. The van der Waals surface area contributed by atoms with E-state index >= 15 is 0 Å². The summed E-state index contributed by atoms with van der Waals surface area (Å²) in [6.45, 7) is 8.98. The molecule has 0 bridgehead atoms. The average molecular weight is 480 g/mol. The summed E-state index contributed by atoms with van der Waals surface area (Å²) < 4.78 is 33.6. The zero-order valence-corrected chi connectivity index (χ0v) is 18.6. The summed E-state index contributed by atoms with van der Waals surface area (Å²) in [4.78, 5) is 0. The smallest absolute Gasteiger partial charge is 0.214 e. The van der Waals surface area contributed by atoms with Crippen LogP contribution in [0.5, 0.6) is 0 Å². The summed E-state index contributed by atoms with van der Waals surface area (Å²) in [5.41, 5.74) is 1.02. The van der Waals surface area contributed by atoms with E-state index in [4.69, 9.17) is 4.74 Å². The molecule has 0 saturated heterocycles. The summed E-state index contributed by atoms with van der Waals surface area (Å²) >= 11 is 2.08. The number of ether oxygens (including phenoxy) is 1. The van der Waals surface area contributed by atoms with E-state index in [9.17, 15) is 13.7 Å². The van der Waals surface area contributed by atoms with Crippen LogP contribution >= 0.6 is 22.6 Å². The van der Waals surface area contributed by atoms with Crippen LogP contribution in [-0.4, -0.2) is 28.9 Å². The number of rotatable bonds is 9. The van der Waals surface area contributed by atoms with Crippen LogP contribution in [-0.2, 0) is 14.8 Å². The molecule has 8 heteroatoms. The minimum Gasteiger partial charge on any atom is -0.358 e. The number of hydrogen-bond acceptors (Lipinski definition) is 4. The van der Waals surface area contributed by atoms with E-state index in [1.165, 1.54) is 0 Å². The summed E-state index contributed by atoms with van der Waals surface area (Å²) in [5, 5.41) is 9.42. The quantitative estimate of drug-likeness (QED) is 0.331. The van der Waals surface area contributed by atoms with E-state index in [0.717, 1.165) is 9.61 Å². The first-order valence-corrected chi connectivity index (χ1v) is 14.3. The zero-order chi connectivity index (χ0) is 18.4. The van der Waals surface area contributed by atoms with Crippen molar-refractivity contribution in [3.05, 3.63) is 32.9 Å². The maximum atomic E-state index is 12.2. The number of nitrogens with zero attached hydrogens (tertiary/aromatic N) is 1. The fourth-order valence-electron chi connectivity index (χ4n) is 2.04. The van der Waals surface area contributed by atoms with Gasteiger partial charge in [-0.3, -0.25) is 0 Å². The van der Waals surface area contributed by atoms with Crippen LogP contribution in [0, 0.1) is 14.9 Å². The first-order chi connectivity index (χ1) is 11.1. The fraction of sp³-hybridized carbons (Fsp3) is 0.562. The lowest BCUT2D eigenvalue weighted by atomic mass is 10.1. The maximum absolute atomic E-state index is 12.2. The molecular formula is C16H25IN2O3SSi. The molecule has 0 radical (unpaired) electrons. The molecule has 0 saturated carbocycles. The summed E-state index contributed by atoms with van der Waals surface area (Å²) in [6, 6.07) is 8.45. The molecule has 0 aromatic heterocycles. The van der Waals surface area contributed by atoms with E-state index < -0.39 is 24.3 Å². The highest BCUT2D eigenvalue weighted by atomic mass is 127. The van der Waals surface area contributed by atoms with Gasteiger partial charge >= 0.3 is 0 Å². The van der Waals surface area contributed by atoms with Gasteiger partial charge in [0.1, 0.15) is 12.3 Å². The van der Waals surface area contributed by atoms with E-state index in [2.05, 4.69) is 53.0 Å². The van der Waals surface area contributed by atoms with Gasteiger partial charge in [0, 0.05) is 23.8 Å². The molecule has 0 aliphatic carbocycles. The van der Waals surface area contributed by atoms with Crippen molar-refractivity contribution in [3.63, 3.8) is 0 Å². The van der Waals surface area contributed by atoms with Crippen LogP contribution in [0.1, 0.15) is 30.7 Å². The Labute approximate surface area is 160 Å². The fourth-order valence-corrected chi connectivity index (χ4v) is 4.58. The second kappa shape index (κ2) is 9.29. The number of benzene rings is 1. The predicted molar refractivity (Wildman–Crippen MR) is 108 cm³/mol. The number of hydrogen-bond donors (Lipinski definition) is 1. The Hall–Kier alpha value is -0.473. The minimum atomic E-state index is -3.46. The molecule has 0 aliphatic heterocycles. The Kier molecular flexibility index (Phi) is 8.35. The van der Waals surface area contributed by atoms with Crippen molar-refractivity contribution in [1.29, 1.82) is 5.26 Å². The SMILES string of the molecule is CCCS(=O)(=O)NC(OCC[Si](C)(C)C)c1cccc(I)c1C#N. The lowest BCUT2D eigenvalue weighted by molar-refractivity contribution is 0.0538. The molecule has 24 heavy (non-hydrogen) atoms. The van der Waals surface area contributed by atoms with Gasteiger partial charge in [0.15, 0.2) is 0 Å². The third kappa shape index (κ3) is 7.19. The van der Waals surface area contributed by atoms with E-state index in [0.29, 0.717) is 24.2 Å². The van der Waals surface area contributed by atoms with Crippen LogP contribution in [0.2, 0.25) is 25.7 Å². The number of nitrogens with one attached hydrogen (secondary N) is 1. The lowest BCUT2D eigenvalue weighted by Gasteiger charge is -2.23. The Morgan fingerprint density at radius 3 is 2.58 bits per heavy atom. The van der Waals surface area contributed by atoms with Gasteiger partial charge < -0.3 is 4.74 Å². The Morgan fingerprint density at radius 1 is 1.38 bits per heavy atom. The standard InChI is InChI=1S/C16H25IN2O3SSi/c1-5-10-23(20,21)19-16(22-9-11-24(2,3)4)13-7-6-8-15(17)14(13)12-18/h6-8,16,19H,5,9-11H2,1-4H3. The van der Waals surface area contributed by atoms with Gasteiger partial charge in [0.25, 0.3) is 0 Å². The van der Waals surface area contributed by atoms with Crippen molar-refractivity contribution >= 4 is 40.7 Å². The molecule has 0 aliphatic rings. The molecule has 0 amide bonds. The van der Waals surface area contributed by atoms with E-state index in [1.807, 2.05) is 13.0 Å². The van der Waals surface area contributed by atoms with Crippen LogP contribution < -0.4 is 4.72 Å². The largest absolute Gasteiger partial charge is 0.358 e. The highest BCUT2D eigenvalue weighted by molar-refractivity contribution is 14.1. The van der Waals surface area contributed by atoms with Gasteiger partial charge in [-0.2, -0.15) is 9.98 Å². The molecule has 5 nitrogen and oxygen atoms in total. The van der Waals surface area contributed by atoms with Gasteiger partial charge in [0.05, 0.1) is 11.3 Å². The molecule has 1 atom stereocenters. The zero-order valence-electron chi connectivity index (χ0n) is 14.6. The highest BCUT2D eigenvalue weighted by Gasteiger charge is 2.24. The van der Waals surface area contributed by atoms with Gasteiger partial charge in [0.2, 0.25) is 10.0 Å². The second-order valence-corrected chi connectivity index (χ2v) is 15.5. The Morgan fingerprint density at radius 2 is 2.04 bits per heavy atom. The van der Waals surface area contributed by atoms with Gasteiger partial charge in [-0.05, 0) is 41.1 Å². The van der Waals surface area contributed by atoms with Crippen LogP contribution in [0.25, 0.3) is 0 Å². The third-order valence-electron chi connectivity index (χ3n) is 3.34. The van der Waals surface area contributed by atoms with E-state index in [-0.39, 0.29) is 5.75 Å². The molecule has 1 rings (SSSR count). The van der Waals surface area contributed by atoms with Crippen LogP contribution in [0.15, 0.2) is 18.2 Å². The van der Waals surface area contributed by atoms with Crippen molar-refractivity contribution in [3.8, 4) is 6.07 Å². The first-order valence-electron chi connectivity index (χ1n) is 7.90. The van der Waals surface area contributed by atoms with Crippen molar-refractivity contribution in [2.75, 3.05) is 12.4 Å². The Balaban J connectivity index is 3.10. The molecule has 1 aromatic carbocycles. The summed E-state index contributed by atoms with van der Waals surface area (Å²) in [6.07, 6.45) is -0.309. The normalized spacial score (nSPS) is 13.5. The molecule has 1 unspecified atom stereocenters. The average Bonchev–Trinajstić information content (AvgIpc) is 2.44. The molecule has 0 fully saturated rings. The molecule has 1 aromatic rings. The van der Waals surface area contributed by atoms with Gasteiger partial charge in [-0.15, -0.1) is 0 Å². The number of halogens is 1. The van der Waals surface area contributed by atoms with Gasteiger partial charge in [-0.25, -0.2) is 8.42 Å². The summed E-state index contributed by atoms with van der Waals surface area (Å²) in [7, 11) is -4.76. The molecular weight excluding hydrogens is 455 g/mol. The molecule has 0 spiro atoms. The summed E-state index contributed by atoms with van der Waals surface area (Å²) in [5.74, 6) is 0.0344. The second-order valence-electron chi connectivity index (χ2n) is 6.81. The molecule has 0 heterocycles. The van der Waals surface area contributed by atoms with Crippen LogP contribution in [0.4, 0.5) is 0 Å². The minimum absolute atomic E-state index is 0.0344. The predicted octanol–water partition coefficient (Wildman–Crippen LogP) is 3.85. The lowest BCUT2D eigenvalue weighted by Crippen LogP contribution is -2.34. The van der Waals surface area contributed by atoms with Crippen LogP contribution in [0.3, 0.4) is 0 Å². The third-order valence-corrected chi connectivity index (χ3v) is 7.46. The highest BCUT2D eigenvalue weighted by Crippen LogP contribution is 2.25. The van der Waals surface area contributed by atoms with Crippen molar-refractivity contribution in [1.82, 2.24) is 4.72 Å². The first kappa shape index (κ1) is 21.6. The van der Waals surface area contributed by atoms with Crippen molar-refractivity contribution in [2.45, 2.75) is 45.3 Å². The Bertz CT molecular complexity index is 696.